The maximum atomic E-state index is 12.7. The molecule has 9 heteroatoms. The zero-order chi connectivity index (χ0) is 26.1. The van der Waals surface area contributed by atoms with E-state index >= 15 is 0 Å². The monoisotopic (exact) mass is 533 g/mol. The molecule has 1 N–H and O–H groups in total. The summed E-state index contributed by atoms with van der Waals surface area (Å²) in [4.78, 5) is 37.6. The zero-order valence-corrected chi connectivity index (χ0v) is 21.8. The summed E-state index contributed by atoms with van der Waals surface area (Å²) in [6.45, 7) is 3.14. The van der Waals surface area contributed by atoms with Crippen LogP contribution in [-0.2, 0) is 9.59 Å². The molecule has 7 nitrogen and oxygen atoms in total. The third kappa shape index (κ3) is 4.95. The van der Waals surface area contributed by atoms with Crippen LogP contribution in [0.3, 0.4) is 0 Å². The largest absolute Gasteiger partial charge is 0.484 e. The number of rotatable bonds is 7. The van der Waals surface area contributed by atoms with Crippen molar-refractivity contribution in [1.29, 1.82) is 0 Å². The standard InChI is InChI=1S/C28H24ClN3O4S/c1-17-27(18(2)33)23-14-22(12-13-24(23)31(17)21-10-8-20(29)9-11-21)36-15-25(34)30-32-26(35)16-37-28(32)19-6-4-3-5-7-19/h3-14,28H,15-16H2,1-2H3,(H,30,34)/t28-/m1/s1. The number of halogens is 1. The summed E-state index contributed by atoms with van der Waals surface area (Å²) in [6, 6.07) is 22.3. The predicted octanol–water partition coefficient (Wildman–Crippen LogP) is 5.48. The molecule has 37 heavy (non-hydrogen) atoms. The van der Waals surface area contributed by atoms with E-state index < -0.39 is 5.91 Å². The summed E-state index contributed by atoms with van der Waals surface area (Å²) in [5.41, 5.74) is 6.73. The quantitative estimate of drug-likeness (QED) is 0.318. The Morgan fingerprint density at radius 3 is 2.51 bits per heavy atom. The van der Waals surface area contributed by atoms with Crippen LogP contribution in [0.15, 0.2) is 72.8 Å². The molecule has 188 valence electrons. The molecule has 1 saturated heterocycles. The van der Waals surface area contributed by atoms with Gasteiger partial charge in [-0.05, 0) is 61.9 Å². The molecule has 1 aliphatic rings. The van der Waals surface area contributed by atoms with Crippen LogP contribution >= 0.6 is 23.4 Å². The SMILES string of the molecule is CC(=O)c1c(C)n(-c2ccc(Cl)cc2)c2ccc(OCC(=O)NN3C(=O)CS[C@@H]3c3ccccc3)cc12. The lowest BCUT2D eigenvalue weighted by molar-refractivity contribution is -0.140. The molecule has 2 heterocycles. The summed E-state index contributed by atoms with van der Waals surface area (Å²) in [7, 11) is 0. The van der Waals surface area contributed by atoms with E-state index in [1.807, 2.05) is 60.0 Å². The third-order valence-electron chi connectivity index (χ3n) is 6.18. The molecule has 1 atom stereocenters. The van der Waals surface area contributed by atoms with Crippen LogP contribution in [0.25, 0.3) is 16.6 Å². The highest BCUT2D eigenvalue weighted by atomic mass is 35.5. The van der Waals surface area contributed by atoms with Gasteiger partial charge in [0.15, 0.2) is 12.4 Å². The van der Waals surface area contributed by atoms with Gasteiger partial charge in [0.2, 0.25) is 0 Å². The summed E-state index contributed by atoms with van der Waals surface area (Å²) >= 11 is 7.51. The van der Waals surface area contributed by atoms with E-state index in [9.17, 15) is 14.4 Å². The Morgan fingerprint density at radius 1 is 1.08 bits per heavy atom. The van der Waals surface area contributed by atoms with Crippen molar-refractivity contribution < 1.29 is 19.1 Å². The van der Waals surface area contributed by atoms with Crippen LogP contribution in [0.1, 0.15) is 33.9 Å². The van der Waals surface area contributed by atoms with Crippen molar-refractivity contribution in [3.8, 4) is 11.4 Å². The van der Waals surface area contributed by atoms with Gasteiger partial charge in [0.1, 0.15) is 11.1 Å². The fourth-order valence-electron chi connectivity index (χ4n) is 4.58. The highest BCUT2D eigenvalue weighted by molar-refractivity contribution is 8.00. The van der Waals surface area contributed by atoms with Gasteiger partial charge in [0.05, 0.1) is 11.3 Å². The number of aromatic nitrogens is 1. The van der Waals surface area contributed by atoms with Crippen molar-refractivity contribution in [2.75, 3.05) is 12.4 Å². The fourth-order valence-corrected chi connectivity index (χ4v) is 5.81. The number of ketones is 1. The molecule has 0 spiro atoms. The lowest BCUT2D eigenvalue weighted by atomic mass is 10.1. The second-order valence-corrected chi connectivity index (χ2v) is 10.2. The van der Waals surface area contributed by atoms with Gasteiger partial charge in [-0.15, -0.1) is 11.8 Å². The number of amides is 2. The van der Waals surface area contributed by atoms with Crippen molar-refractivity contribution in [1.82, 2.24) is 15.0 Å². The molecule has 0 unspecified atom stereocenters. The summed E-state index contributed by atoms with van der Waals surface area (Å²) in [5.74, 6) is 0.0503. The Kier molecular flexibility index (Phi) is 6.95. The van der Waals surface area contributed by atoms with Gasteiger partial charge >= 0.3 is 0 Å². The normalized spacial score (nSPS) is 15.3. The van der Waals surface area contributed by atoms with Crippen molar-refractivity contribution in [3.63, 3.8) is 0 Å². The van der Waals surface area contributed by atoms with Gasteiger partial charge in [-0.3, -0.25) is 19.8 Å². The van der Waals surface area contributed by atoms with Crippen LogP contribution in [0.5, 0.6) is 5.75 Å². The van der Waals surface area contributed by atoms with E-state index in [-0.39, 0.29) is 29.4 Å². The number of ether oxygens (including phenoxy) is 1. The number of nitrogens with zero attached hydrogens (tertiary/aromatic N) is 2. The maximum Gasteiger partial charge on any atom is 0.276 e. The molecule has 0 bridgehead atoms. The van der Waals surface area contributed by atoms with E-state index in [0.717, 1.165) is 27.8 Å². The minimum absolute atomic E-state index is 0.0675. The first-order chi connectivity index (χ1) is 17.8. The first kappa shape index (κ1) is 24.9. The first-order valence-electron chi connectivity index (χ1n) is 11.7. The van der Waals surface area contributed by atoms with Crippen molar-refractivity contribution >= 4 is 51.9 Å². The minimum Gasteiger partial charge on any atom is -0.484 e. The average molecular weight is 534 g/mol. The molecule has 1 fully saturated rings. The molecule has 0 aliphatic carbocycles. The number of hydrogen-bond acceptors (Lipinski definition) is 5. The molecule has 1 aromatic heterocycles. The van der Waals surface area contributed by atoms with E-state index in [4.69, 9.17) is 16.3 Å². The Balaban J connectivity index is 1.35. The second-order valence-electron chi connectivity index (χ2n) is 8.67. The predicted molar refractivity (Wildman–Crippen MR) is 145 cm³/mol. The highest BCUT2D eigenvalue weighted by Gasteiger charge is 2.34. The molecule has 2 amide bonds. The molecule has 5 rings (SSSR count). The summed E-state index contributed by atoms with van der Waals surface area (Å²) in [5, 5.41) is 2.43. The topological polar surface area (TPSA) is 80.6 Å². The van der Waals surface area contributed by atoms with Crippen LogP contribution < -0.4 is 10.2 Å². The smallest absolute Gasteiger partial charge is 0.276 e. The number of hydrogen-bond donors (Lipinski definition) is 1. The van der Waals surface area contributed by atoms with Crippen molar-refractivity contribution in [2.45, 2.75) is 19.2 Å². The van der Waals surface area contributed by atoms with E-state index in [2.05, 4.69) is 5.43 Å². The zero-order valence-electron chi connectivity index (χ0n) is 20.2. The number of Topliss-reactive ketones (excluding diaryl/α,β-unsaturated/α-hetero) is 1. The number of carbonyl (C=O) groups excluding carboxylic acids is 3. The summed E-state index contributed by atoms with van der Waals surface area (Å²) in [6.07, 6.45) is 0. The molecule has 0 radical (unpaired) electrons. The van der Waals surface area contributed by atoms with Gasteiger partial charge < -0.3 is 9.30 Å². The number of fused-ring (bicyclic) bond motifs is 1. The molecular weight excluding hydrogens is 510 g/mol. The fraction of sp³-hybridized carbons (Fsp3) is 0.179. The van der Waals surface area contributed by atoms with E-state index in [1.54, 1.807) is 24.3 Å². The van der Waals surface area contributed by atoms with Gasteiger partial charge in [0, 0.05) is 27.4 Å². The van der Waals surface area contributed by atoms with Gasteiger partial charge in [-0.1, -0.05) is 41.9 Å². The number of benzene rings is 3. The number of hydrazine groups is 1. The Hall–Kier alpha value is -3.75. The van der Waals surface area contributed by atoms with Gasteiger partial charge in [-0.25, -0.2) is 5.01 Å². The molecule has 4 aromatic rings. The molecule has 0 saturated carbocycles. The molecule has 1 aliphatic heterocycles. The van der Waals surface area contributed by atoms with Gasteiger partial charge in [0.25, 0.3) is 11.8 Å². The number of nitrogens with one attached hydrogen (secondary N) is 1. The Morgan fingerprint density at radius 2 is 1.81 bits per heavy atom. The van der Waals surface area contributed by atoms with Crippen LogP contribution in [0.4, 0.5) is 0 Å². The maximum absolute atomic E-state index is 12.7. The van der Waals surface area contributed by atoms with E-state index in [0.29, 0.717) is 16.3 Å². The van der Waals surface area contributed by atoms with E-state index in [1.165, 1.54) is 23.7 Å². The third-order valence-corrected chi connectivity index (χ3v) is 7.64. The molecule has 3 aromatic carbocycles. The molecular formula is C28H24ClN3O4S. The van der Waals surface area contributed by atoms with Crippen molar-refractivity contribution in [2.24, 2.45) is 0 Å². The van der Waals surface area contributed by atoms with Crippen LogP contribution in [-0.4, -0.2) is 39.5 Å². The number of thioether (sulfide) groups is 1. The number of carbonyl (C=O) groups is 3. The van der Waals surface area contributed by atoms with Gasteiger partial charge in [-0.2, -0.15) is 0 Å². The Bertz CT molecular complexity index is 1500. The lowest BCUT2D eigenvalue weighted by Crippen LogP contribution is -2.46. The van der Waals surface area contributed by atoms with Crippen LogP contribution in [0.2, 0.25) is 5.02 Å². The lowest BCUT2D eigenvalue weighted by Gasteiger charge is -2.24. The highest BCUT2D eigenvalue weighted by Crippen LogP contribution is 2.37. The average Bonchev–Trinajstić information content (AvgIpc) is 3.39. The minimum atomic E-state index is -0.446. The van der Waals surface area contributed by atoms with Crippen molar-refractivity contribution in [3.05, 3.63) is 94.6 Å². The summed E-state index contributed by atoms with van der Waals surface area (Å²) < 4.78 is 7.77. The van der Waals surface area contributed by atoms with Crippen LogP contribution in [0, 0.1) is 6.92 Å². The first-order valence-corrected chi connectivity index (χ1v) is 13.1. The Labute approximate surface area is 223 Å². The second kappa shape index (κ2) is 10.3.